The van der Waals surface area contributed by atoms with Crippen LogP contribution in [0.1, 0.15) is 15.9 Å². The lowest BCUT2D eigenvalue weighted by atomic mass is 10.1. The summed E-state index contributed by atoms with van der Waals surface area (Å²) in [6, 6.07) is 14.1. The number of aromatic nitrogens is 2. The Bertz CT molecular complexity index is 994. The van der Waals surface area contributed by atoms with Crippen LogP contribution in [0.5, 0.6) is 11.5 Å². The molecule has 0 spiro atoms. The van der Waals surface area contributed by atoms with E-state index in [1.807, 2.05) is 18.2 Å². The topological polar surface area (TPSA) is 106 Å². The summed E-state index contributed by atoms with van der Waals surface area (Å²) in [5.41, 5.74) is 1.94. The molecule has 0 atom stereocenters. The van der Waals surface area contributed by atoms with Gasteiger partial charge >= 0.3 is 5.97 Å². The second kappa shape index (κ2) is 9.41. The molecule has 0 saturated heterocycles. The average molecular weight is 394 g/mol. The number of benzene rings is 2. The first kappa shape index (κ1) is 19.9. The van der Waals surface area contributed by atoms with E-state index >= 15 is 0 Å². The van der Waals surface area contributed by atoms with Crippen LogP contribution in [0.3, 0.4) is 0 Å². The zero-order chi connectivity index (χ0) is 20.6. The fourth-order valence-electron chi connectivity index (χ4n) is 2.75. The summed E-state index contributed by atoms with van der Waals surface area (Å²) in [4.78, 5) is 19.7. The van der Waals surface area contributed by atoms with Crippen molar-refractivity contribution in [3.8, 4) is 11.5 Å². The first-order chi connectivity index (χ1) is 14.1. The largest absolute Gasteiger partial charge is 0.493 e. The number of ether oxygens (including phenoxy) is 2. The quantitative estimate of drug-likeness (QED) is 0.506. The lowest BCUT2D eigenvalue weighted by Gasteiger charge is -2.11. The van der Waals surface area contributed by atoms with Crippen molar-refractivity contribution < 1.29 is 19.4 Å². The molecule has 0 fully saturated rings. The summed E-state index contributed by atoms with van der Waals surface area (Å²) in [5.74, 6) is 1.45. The van der Waals surface area contributed by atoms with E-state index in [0.29, 0.717) is 35.5 Å². The molecule has 1 aromatic heterocycles. The van der Waals surface area contributed by atoms with Crippen LogP contribution in [0.4, 0.5) is 17.5 Å². The maximum atomic E-state index is 11.1. The van der Waals surface area contributed by atoms with Crippen molar-refractivity contribution in [1.82, 2.24) is 9.97 Å². The van der Waals surface area contributed by atoms with Gasteiger partial charge in [0.15, 0.2) is 11.5 Å². The Morgan fingerprint density at radius 1 is 1.07 bits per heavy atom. The second-order valence-corrected chi connectivity index (χ2v) is 6.14. The highest BCUT2D eigenvalue weighted by Gasteiger charge is 2.06. The molecule has 0 saturated carbocycles. The fourth-order valence-corrected chi connectivity index (χ4v) is 2.75. The van der Waals surface area contributed by atoms with Crippen LogP contribution < -0.4 is 20.1 Å². The van der Waals surface area contributed by atoms with Gasteiger partial charge in [-0.1, -0.05) is 12.1 Å². The molecule has 0 aliphatic rings. The molecule has 0 aliphatic carbocycles. The van der Waals surface area contributed by atoms with E-state index in [2.05, 4.69) is 20.6 Å². The standard InChI is InChI=1S/C21H22N4O4/c1-28-17-7-6-14(12-18(17)29-2)8-10-22-21-23-11-9-19(25-21)24-16-5-3-4-15(13-16)20(26)27/h3-7,9,11-13H,8,10H2,1-2H3,(H,26,27)(H2,22,23,24,25). The third-order valence-corrected chi connectivity index (χ3v) is 4.18. The van der Waals surface area contributed by atoms with Gasteiger partial charge < -0.3 is 25.2 Å². The molecular formula is C21H22N4O4. The number of carbonyl (C=O) groups is 1. The molecule has 0 unspecified atom stereocenters. The molecule has 0 radical (unpaired) electrons. The molecule has 150 valence electrons. The maximum Gasteiger partial charge on any atom is 0.335 e. The molecule has 3 N–H and O–H groups in total. The summed E-state index contributed by atoms with van der Waals surface area (Å²) in [7, 11) is 3.22. The number of hydrogen-bond acceptors (Lipinski definition) is 7. The SMILES string of the molecule is COc1ccc(CCNc2nccc(Nc3cccc(C(=O)O)c3)n2)cc1OC. The van der Waals surface area contributed by atoms with E-state index in [1.165, 1.54) is 6.07 Å². The Kier molecular flexibility index (Phi) is 6.47. The summed E-state index contributed by atoms with van der Waals surface area (Å²) >= 11 is 0. The van der Waals surface area contributed by atoms with Crippen molar-refractivity contribution in [1.29, 1.82) is 0 Å². The molecule has 0 amide bonds. The summed E-state index contributed by atoms with van der Waals surface area (Å²) in [6.07, 6.45) is 2.39. The number of nitrogens with one attached hydrogen (secondary N) is 2. The third kappa shape index (κ3) is 5.35. The van der Waals surface area contributed by atoms with Gasteiger partial charge in [0.05, 0.1) is 19.8 Å². The predicted octanol–water partition coefficient (Wildman–Crippen LogP) is 3.59. The Labute approximate surface area is 168 Å². The van der Waals surface area contributed by atoms with Gasteiger partial charge in [-0.2, -0.15) is 4.98 Å². The molecule has 8 nitrogen and oxygen atoms in total. The van der Waals surface area contributed by atoms with Gasteiger partial charge in [0.2, 0.25) is 5.95 Å². The molecule has 2 aromatic carbocycles. The zero-order valence-electron chi connectivity index (χ0n) is 16.2. The van der Waals surface area contributed by atoms with E-state index in [4.69, 9.17) is 14.6 Å². The molecule has 29 heavy (non-hydrogen) atoms. The number of aromatic carboxylic acids is 1. The Hall–Kier alpha value is -3.81. The molecule has 3 aromatic rings. The van der Waals surface area contributed by atoms with E-state index in [-0.39, 0.29) is 5.56 Å². The van der Waals surface area contributed by atoms with E-state index in [9.17, 15) is 4.79 Å². The first-order valence-corrected chi connectivity index (χ1v) is 8.97. The Balaban J connectivity index is 1.60. The minimum atomic E-state index is -0.978. The van der Waals surface area contributed by atoms with Crippen molar-refractivity contribution in [3.63, 3.8) is 0 Å². The van der Waals surface area contributed by atoms with Crippen LogP contribution in [0.2, 0.25) is 0 Å². The van der Waals surface area contributed by atoms with Crippen molar-refractivity contribution in [2.24, 2.45) is 0 Å². The maximum absolute atomic E-state index is 11.1. The second-order valence-electron chi connectivity index (χ2n) is 6.14. The van der Waals surface area contributed by atoms with Crippen LogP contribution in [0.25, 0.3) is 0 Å². The van der Waals surface area contributed by atoms with Crippen molar-refractivity contribution in [2.45, 2.75) is 6.42 Å². The number of carboxylic acids is 1. The molecule has 1 heterocycles. The number of anilines is 3. The number of carboxylic acid groups (broad SMARTS) is 1. The van der Waals surface area contributed by atoms with Crippen molar-refractivity contribution in [2.75, 3.05) is 31.4 Å². The minimum Gasteiger partial charge on any atom is -0.493 e. The van der Waals surface area contributed by atoms with Crippen LogP contribution in [0, 0.1) is 0 Å². The summed E-state index contributed by atoms with van der Waals surface area (Å²) < 4.78 is 10.6. The normalized spacial score (nSPS) is 10.3. The average Bonchev–Trinajstić information content (AvgIpc) is 2.74. The molecule has 0 bridgehead atoms. The summed E-state index contributed by atoms with van der Waals surface area (Å²) in [6.45, 7) is 0.632. The zero-order valence-corrected chi connectivity index (χ0v) is 16.2. The molecule has 3 rings (SSSR count). The van der Waals surface area contributed by atoms with Gasteiger partial charge in [-0.25, -0.2) is 9.78 Å². The van der Waals surface area contributed by atoms with Gasteiger partial charge in [0.1, 0.15) is 5.82 Å². The van der Waals surface area contributed by atoms with Crippen molar-refractivity contribution >= 4 is 23.4 Å². The Morgan fingerprint density at radius 3 is 2.66 bits per heavy atom. The highest BCUT2D eigenvalue weighted by atomic mass is 16.5. The van der Waals surface area contributed by atoms with Gasteiger partial charge in [0.25, 0.3) is 0 Å². The lowest BCUT2D eigenvalue weighted by molar-refractivity contribution is 0.0697. The van der Waals surface area contributed by atoms with E-state index in [1.54, 1.807) is 44.7 Å². The smallest absolute Gasteiger partial charge is 0.335 e. The number of nitrogens with zero attached hydrogens (tertiary/aromatic N) is 2. The van der Waals surface area contributed by atoms with Crippen LogP contribution >= 0.6 is 0 Å². The van der Waals surface area contributed by atoms with Gasteiger partial charge in [-0.05, 0) is 48.4 Å². The number of hydrogen-bond donors (Lipinski definition) is 3. The highest BCUT2D eigenvalue weighted by molar-refractivity contribution is 5.89. The van der Waals surface area contributed by atoms with Gasteiger partial charge in [0, 0.05) is 18.4 Å². The highest BCUT2D eigenvalue weighted by Crippen LogP contribution is 2.27. The summed E-state index contributed by atoms with van der Waals surface area (Å²) in [5, 5.41) is 15.4. The molecular weight excluding hydrogens is 372 g/mol. The van der Waals surface area contributed by atoms with E-state index in [0.717, 1.165) is 12.0 Å². The minimum absolute atomic E-state index is 0.206. The van der Waals surface area contributed by atoms with E-state index < -0.39 is 5.97 Å². The molecule has 8 heteroatoms. The Morgan fingerprint density at radius 2 is 1.90 bits per heavy atom. The van der Waals surface area contributed by atoms with Gasteiger partial charge in [-0.3, -0.25) is 0 Å². The van der Waals surface area contributed by atoms with Crippen LogP contribution in [0.15, 0.2) is 54.7 Å². The fraction of sp³-hybridized carbons (Fsp3) is 0.190. The third-order valence-electron chi connectivity index (χ3n) is 4.18. The monoisotopic (exact) mass is 394 g/mol. The van der Waals surface area contributed by atoms with Crippen LogP contribution in [-0.4, -0.2) is 41.8 Å². The van der Waals surface area contributed by atoms with Crippen molar-refractivity contribution in [3.05, 3.63) is 65.9 Å². The van der Waals surface area contributed by atoms with Gasteiger partial charge in [-0.15, -0.1) is 0 Å². The predicted molar refractivity (Wildman–Crippen MR) is 110 cm³/mol. The molecule has 0 aliphatic heterocycles. The lowest BCUT2D eigenvalue weighted by Crippen LogP contribution is -2.09. The first-order valence-electron chi connectivity index (χ1n) is 8.97. The number of methoxy groups -OCH3 is 2. The van der Waals surface area contributed by atoms with Crippen LogP contribution in [-0.2, 0) is 6.42 Å². The number of rotatable bonds is 9.